The number of nitrogens with one attached hydrogen (secondary N) is 2. The smallest absolute Gasteiger partial charge is 0.269 e. The molecular weight excluding hydrogens is 264 g/mol. The van der Waals surface area contributed by atoms with Crippen molar-refractivity contribution in [3.8, 4) is 5.75 Å². The summed E-state index contributed by atoms with van der Waals surface area (Å²) < 4.78 is 0. The van der Waals surface area contributed by atoms with Crippen LogP contribution in [0.25, 0.3) is 10.8 Å². The van der Waals surface area contributed by atoms with Gasteiger partial charge in [0.25, 0.3) is 5.91 Å². The van der Waals surface area contributed by atoms with Crippen molar-refractivity contribution in [2.75, 3.05) is 0 Å². The van der Waals surface area contributed by atoms with Gasteiger partial charge in [-0.25, -0.2) is 5.43 Å². The highest BCUT2D eigenvalue weighted by atomic mass is 16.3. The molecule has 0 spiro atoms. The number of hydrazine groups is 1. The molecule has 0 bridgehead atoms. The van der Waals surface area contributed by atoms with Gasteiger partial charge in [-0.3, -0.25) is 10.2 Å². The second-order valence-corrected chi connectivity index (χ2v) is 5.85. The predicted molar refractivity (Wildman–Crippen MR) is 85.1 cm³/mol. The van der Waals surface area contributed by atoms with E-state index < -0.39 is 0 Å². The Kier molecular flexibility index (Phi) is 4.81. The minimum atomic E-state index is -0.325. The quantitative estimate of drug-likeness (QED) is 0.740. The Bertz CT molecular complexity index is 638. The monoisotopic (exact) mass is 286 g/mol. The summed E-state index contributed by atoms with van der Waals surface area (Å²) in [7, 11) is 0. The topological polar surface area (TPSA) is 61.4 Å². The van der Waals surface area contributed by atoms with E-state index in [9.17, 15) is 9.90 Å². The third kappa shape index (κ3) is 3.95. The maximum Gasteiger partial charge on any atom is 0.269 e. The molecule has 1 amide bonds. The van der Waals surface area contributed by atoms with Crippen molar-refractivity contribution in [1.82, 2.24) is 10.9 Å². The second kappa shape index (κ2) is 6.59. The van der Waals surface area contributed by atoms with E-state index in [-0.39, 0.29) is 23.3 Å². The maximum atomic E-state index is 12.2. The van der Waals surface area contributed by atoms with Gasteiger partial charge in [-0.2, -0.15) is 0 Å². The van der Waals surface area contributed by atoms with Gasteiger partial charge in [0.1, 0.15) is 5.75 Å². The number of hydrogen-bond donors (Lipinski definition) is 3. The predicted octanol–water partition coefficient (Wildman–Crippen LogP) is 3.21. The van der Waals surface area contributed by atoms with Gasteiger partial charge in [0, 0.05) is 6.04 Å². The van der Waals surface area contributed by atoms with Crippen LogP contribution in [0.15, 0.2) is 36.4 Å². The Hall–Kier alpha value is -2.07. The zero-order valence-electron chi connectivity index (χ0n) is 12.7. The third-order valence-corrected chi connectivity index (χ3v) is 3.37. The van der Waals surface area contributed by atoms with Crippen LogP contribution in [0.1, 0.15) is 37.6 Å². The summed E-state index contributed by atoms with van der Waals surface area (Å²) >= 11 is 0. The lowest BCUT2D eigenvalue weighted by molar-refractivity contribution is 0.0921. The molecule has 0 aliphatic rings. The van der Waals surface area contributed by atoms with Crippen molar-refractivity contribution in [1.29, 1.82) is 0 Å². The summed E-state index contributed by atoms with van der Waals surface area (Å²) in [5.74, 6) is 0.219. The summed E-state index contributed by atoms with van der Waals surface area (Å²) in [4.78, 5) is 12.2. The Balaban J connectivity index is 2.10. The molecule has 2 aromatic rings. The Morgan fingerprint density at radius 1 is 1.14 bits per heavy atom. The summed E-state index contributed by atoms with van der Waals surface area (Å²) in [6.07, 6.45) is 0.962. The van der Waals surface area contributed by atoms with E-state index in [2.05, 4.69) is 24.7 Å². The highest BCUT2D eigenvalue weighted by molar-refractivity contribution is 6.01. The van der Waals surface area contributed by atoms with Gasteiger partial charge in [-0.05, 0) is 42.2 Å². The first-order valence-electron chi connectivity index (χ1n) is 7.25. The van der Waals surface area contributed by atoms with Gasteiger partial charge in [0.15, 0.2) is 0 Å². The number of amides is 1. The second-order valence-electron chi connectivity index (χ2n) is 5.85. The van der Waals surface area contributed by atoms with Crippen molar-refractivity contribution in [2.24, 2.45) is 5.92 Å². The van der Waals surface area contributed by atoms with Crippen molar-refractivity contribution >= 4 is 16.7 Å². The molecule has 0 aliphatic heterocycles. The third-order valence-electron chi connectivity index (χ3n) is 3.37. The fourth-order valence-electron chi connectivity index (χ4n) is 2.43. The van der Waals surface area contributed by atoms with Gasteiger partial charge in [0.2, 0.25) is 0 Å². The molecule has 0 fully saturated rings. The van der Waals surface area contributed by atoms with Crippen LogP contribution in [0.3, 0.4) is 0 Å². The summed E-state index contributed by atoms with van der Waals surface area (Å²) in [6, 6.07) is 11.1. The van der Waals surface area contributed by atoms with Crippen molar-refractivity contribution in [3.63, 3.8) is 0 Å². The number of phenolic OH excluding ortho intramolecular Hbond substituents is 1. The molecule has 0 heterocycles. The van der Waals surface area contributed by atoms with Crippen LogP contribution in [-0.2, 0) is 0 Å². The zero-order chi connectivity index (χ0) is 15.4. The standard InChI is InChI=1S/C17H22N2O2/c1-11(2)8-12(3)18-19-17(21)15-9-13-6-4-5-7-14(13)10-16(15)20/h4-7,9-12,18,20H,8H2,1-3H3,(H,19,21). The summed E-state index contributed by atoms with van der Waals surface area (Å²) in [6.45, 7) is 6.28. The lowest BCUT2D eigenvalue weighted by Crippen LogP contribution is -2.43. The summed E-state index contributed by atoms with van der Waals surface area (Å²) in [5, 5.41) is 11.8. The Labute approximate surface area is 125 Å². The molecule has 2 aromatic carbocycles. The molecule has 1 unspecified atom stereocenters. The molecule has 4 heteroatoms. The van der Waals surface area contributed by atoms with E-state index in [4.69, 9.17) is 0 Å². The van der Waals surface area contributed by atoms with Crippen LogP contribution in [-0.4, -0.2) is 17.1 Å². The van der Waals surface area contributed by atoms with E-state index in [0.717, 1.165) is 17.2 Å². The fourth-order valence-corrected chi connectivity index (χ4v) is 2.43. The number of benzene rings is 2. The molecule has 21 heavy (non-hydrogen) atoms. The number of rotatable bonds is 5. The molecule has 1 atom stereocenters. The minimum absolute atomic E-state index is 0.00971. The van der Waals surface area contributed by atoms with Crippen LogP contribution in [0.4, 0.5) is 0 Å². The summed E-state index contributed by atoms with van der Waals surface area (Å²) in [5.41, 5.74) is 5.91. The molecule has 2 rings (SSSR count). The van der Waals surface area contributed by atoms with E-state index in [1.807, 2.05) is 31.2 Å². The largest absolute Gasteiger partial charge is 0.507 e. The lowest BCUT2D eigenvalue weighted by Gasteiger charge is -2.17. The molecule has 0 saturated heterocycles. The average Bonchev–Trinajstić information content (AvgIpc) is 2.43. The number of carbonyl (C=O) groups excluding carboxylic acids is 1. The first kappa shape index (κ1) is 15.3. The Morgan fingerprint density at radius 2 is 1.76 bits per heavy atom. The molecule has 0 aliphatic carbocycles. The van der Waals surface area contributed by atoms with Crippen LogP contribution >= 0.6 is 0 Å². The van der Waals surface area contributed by atoms with Gasteiger partial charge in [-0.15, -0.1) is 0 Å². The zero-order valence-corrected chi connectivity index (χ0v) is 12.7. The van der Waals surface area contributed by atoms with Crippen LogP contribution < -0.4 is 10.9 Å². The van der Waals surface area contributed by atoms with Crippen LogP contribution in [0.5, 0.6) is 5.75 Å². The highest BCUT2D eigenvalue weighted by Gasteiger charge is 2.13. The highest BCUT2D eigenvalue weighted by Crippen LogP contribution is 2.24. The number of aromatic hydroxyl groups is 1. The lowest BCUT2D eigenvalue weighted by atomic mass is 10.1. The fraction of sp³-hybridized carbons (Fsp3) is 0.353. The number of carbonyl (C=O) groups is 1. The molecule has 0 radical (unpaired) electrons. The van der Waals surface area contributed by atoms with E-state index in [1.165, 1.54) is 0 Å². The van der Waals surface area contributed by atoms with Crippen LogP contribution in [0.2, 0.25) is 0 Å². The minimum Gasteiger partial charge on any atom is -0.507 e. The van der Waals surface area contributed by atoms with Crippen molar-refractivity contribution in [3.05, 3.63) is 42.0 Å². The van der Waals surface area contributed by atoms with Gasteiger partial charge < -0.3 is 5.11 Å². The number of phenols is 1. The van der Waals surface area contributed by atoms with Gasteiger partial charge in [0.05, 0.1) is 5.56 Å². The number of hydrogen-bond acceptors (Lipinski definition) is 3. The molecular formula is C17H22N2O2. The molecule has 3 N–H and O–H groups in total. The molecule has 0 aromatic heterocycles. The molecule has 4 nitrogen and oxygen atoms in total. The first-order valence-corrected chi connectivity index (χ1v) is 7.25. The van der Waals surface area contributed by atoms with Crippen LogP contribution in [0, 0.1) is 5.92 Å². The average molecular weight is 286 g/mol. The number of fused-ring (bicyclic) bond motifs is 1. The van der Waals surface area contributed by atoms with E-state index in [1.54, 1.807) is 12.1 Å². The van der Waals surface area contributed by atoms with E-state index in [0.29, 0.717) is 5.92 Å². The molecule has 112 valence electrons. The van der Waals surface area contributed by atoms with Crippen molar-refractivity contribution in [2.45, 2.75) is 33.2 Å². The van der Waals surface area contributed by atoms with Gasteiger partial charge in [-0.1, -0.05) is 38.1 Å². The van der Waals surface area contributed by atoms with Gasteiger partial charge >= 0.3 is 0 Å². The van der Waals surface area contributed by atoms with Crippen molar-refractivity contribution < 1.29 is 9.90 Å². The normalized spacial score (nSPS) is 12.6. The first-order chi connectivity index (χ1) is 9.97. The molecule has 0 saturated carbocycles. The maximum absolute atomic E-state index is 12.2. The van der Waals surface area contributed by atoms with E-state index >= 15 is 0 Å². The SMILES string of the molecule is CC(C)CC(C)NNC(=O)c1cc2ccccc2cc1O. The Morgan fingerprint density at radius 3 is 2.38 bits per heavy atom.